The molecule has 0 saturated carbocycles. The smallest absolute Gasteiger partial charge is 0.263 e. The van der Waals surface area contributed by atoms with Crippen molar-refractivity contribution in [3.8, 4) is 5.75 Å². The Balaban J connectivity index is 1.98. The molecule has 1 aromatic rings. The first-order valence-corrected chi connectivity index (χ1v) is 9.52. The number of ether oxygens (including phenoxy) is 1. The lowest BCUT2D eigenvalue weighted by Gasteiger charge is -2.24. The van der Waals surface area contributed by atoms with Gasteiger partial charge in [0.2, 0.25) is 0 Å². The van der Waals surface area contributed by atoms with Crippen LogP contribution in [0.3, 0.4) is 0 Å². The van der Waals surface area contributed by atoms with E-state index in [1.807, 2.05) is 4.90 Å². The molecular weight excluding hydrogens is 302 g/mol. The molecule has 1 unspecified atom stereocenters. The summed E-state index contributed by atoms with van der Waals surface area (Å²) in [5, 5.41) is 0. The average molecular weight is 325 g/mol. The van der Waals surface area contributed by atoms with Gasteiger partial charge in [-0.15, -0.1) is 0 Å². The van der Waals surface area contributed by atoms with Gasteiger partial charge in [0.05, 0.1) is 4.90 Å². The number of rotatable bonds is 4. The second-order valence-corrected chi connectivity index (χ2v) is 7.76. The SMILES string of the molecule is CC(Oc1ccc(S(C)(=O)=O)cc1)C(=O)N1CCCCCC1. The van der Waals surface area contributed by atoms with Crippen LogP contribution in [0.25, 0.3) is 0 Å². The zero-order valence-electron chi connectivity index (χ0n) is 13.1. The van der Waals surface area contributed by atoms with E-state index >= 15 is 0 Å². The summed E-state index contributed by atoms with van der Waals surface area (Å²) < 4.78 is 28.5. The minimum Gasteiger partial charge on any atom is -0.481 e. The zero-order valence-corrected chi connectivity index (χ0v) is 13.9. The van der Waals surface area contributed by atoms with Crippen LogP contribution in [0.4, 0.5) is 0 Å². The van der Waals surface area contributed by atoms with Gasteiger partial charge in [0.25, 0.3) is 5.91 Å². The molecule has 1 heterocycles. The van der Waals surface area contributed by atoms with Crippen LogP contribution < -0.4 is 4.74 Å². The Hall–Kier alpha value is -1.56. The van der Waals surface area contributed by atoms with Crippen molar-refractivity contribution in [3.63, 3.8) is 0 Å². The molecule has 122 valence electrons. The molecule has 6 heteroatoms. The Kier molecular flexibility index (Phi) is 5.45. The second kappa shape index (κ2) is 7.13. The Morgan fingerprint density at radius 3 is 2.14 bits per heavy atom. The van der Waals surface area contributed by atoms with Crippen molar-refractivity contribution in [1.29, 1.82) is 0 Å². The predicted octanol–water partition coefficient (Wildman–Crippen LogP) is 2.26. The second-order valence-electron chi connectivity index (χ2n) is 5.74. The molecule has 1 amide bonds. The number of hydrogen-bond donors (Lipinski definition) is 0. The molecule has 22 heavy (non-hydrogen) atoms. The van der Waals surface area contributed by atoms with Crippen molar-refractivity contribution in [2.24, 2.45) is 0 Å². The summed E-state index contributed by atoms with van der Waals surface area (Å²) in [5.41, 5.74) is 0. The van der Waals surface area contributed by atoms with Crippen LogP contribution in [0.5, 0.6) is 5.75 Å². The van der Waals surface area contributed by atoms with E-state index in [1.165, 1.54) is 25.0 Å². The van der Waals surface area contributed by atoms with Gasteiger partial charge >= 0.3 is 0 Å². The van der Waals surface area contributed by atoms with Crippen LogP contribution in [0.2, 0.25) is 0 Å². The van der Waals surface area contributed by atoms with Crippen LogP contribution in [0, 0.1) is 0 Å². The van der Waals surface area contributed by atoms with E-state index in [2.05, 4.69) is 0 Å². The third kappa shape index (κ3) is 4.47. The van der Waals surface area contributed by atoms with Crippen molar-refractivity contribution in [2.75, 3.05) is 19.3 Å². The normalized spacial score (nSPS) is 17.6. The lowest BCUT2D eigenvalue weighted by Crippen LogP contribution is -2.40. The Bertz CT molecular complexity index is 602. The molecule has 1 atom stereocenters. The molecule has 0 spiro atoms. The first kappa shape index (κ1) is 16.8. The maximum atomic E-state index is 12.4. The van der Waals surface area contributed by atoms with E-state index in [0.717, 1.165) is 32.2 Å². The monoisotopic (exact) mass is 325 g/mol. The van der Waals surface area contributed by atoms with Gasteiger partial charge in [-0.3, -0.25) is 4.79 Å². The van der Waals surface area contributed by atoms with Gasteiger partial charge in [-0.2, -0.15) is 0 Å². The molecule has 0 N–H and O–H groups in total. The number of nitrogens with zero attached hydrogens (tertiary/aromatic N) is 1. The van der Waals surface area contributed by atoms with Gasteiger partial charge in [-0.05, 0) is 44.0 Å². The molecule has 1 aliphatic heterocycles. The molecule has 1 fully saturated rings. The minimum absolute atomic E-state index is 0.00547. The Morgan fingerprint density at radius 2 is 1.64 bits per heavy atom. The maximum absolute atomic E-state index is 12.4. The predicted molar refractivity (Wildman–Crippen MR) is 84.7 cm³/mol. The highest BCUT2D eigenvalue weighted by molar-refractivity contribution is 7.90. The summed E-state index contributed by atoms with van der Waals surface area (Å²) in [4.78, 5) is 14.5. The maximum Gasteiger partial charge on any atom is 0.263 e. The van der Waals surface area contributed by atoms with E-state index < -0.39 is 15.9 Å². The molecule has 0 radical (unpaired) electrons. The molecule has 1 saturated heterocycles. The summed E-state index contributed by atoms with van der Waals surface area (Å²) in [6, 6.07) is 6.16. The fourth-order valence-corrected chi connectivity index (χ4v) is 3.20. The highest BCUT2D eigenvalue weighted by Crippen LogP contribution is 2.18. The largest absolute Gasteiger partial charge is 0.481 e. The first-order chi connectivity index (χ1) is 10.4. The van der Waals surface area contributed by atoms with Crippen LogP contribution in [-0.2, 0) is 14.6 Å². The molecular formula is C16H23NO4S. The highest BCUT2D eigenvalue weighted by Gasteiger charge is 2.22. The summed E-state index contributed by atoms with van der Waals surface area (Å²) >= 11 is 0. The molecule has 1 aliphatic rings. The molecule has 0 aromatic heterocycles. The van der Waals surface area contributed by atoms with E-state index in [1.54, 1.807) is 19.1 Å². The van der Waals surface area contributed by atoms with Crippen molar-refractivity contribution in [1.82, 2.24) is 4.90 Å². The quantitative estimate of drug-likeness (QED) is 0.852. The first-order valence-electron chi connectivity index (χ1n) is 7.63. The number of hydrogen-bond acceptors (Lipinski definition) is 4. The number of carbonyl (C=O) groups is 1. The van der Waals surface area contributed by atoms with Crippen LogP contribution in [0.15, 0.2) is 29.2 Å². The van der Waals surface area contributed by atoms with Gasteiger partial charge < -0.3 is 9.64 Å². The van der Waals surface area contributed by atoms with Gasteiger partial charge in [-0.1, -0.05) is 12.8 Å². The third-order valence-electron chi connectivity index (χ3n) is 3.83. The summed E-state index contributed by atoms with van der Waals surface area (Å²) in [5.74, 6) is 0.497. The van der Waals surface area contributed by atoms with Crippen LogP contribution in [-0.4, -0.2) is 44.7 Å². The standard InChI is InChI=1S/C16H23NO4S/c1-13(16(18)17-11-5-3-4-6-12-17)21-14-7-9-15(10-8-14)22(2,19)20/h7-10,13H,3-6,11-12H2,1-2H3. The van der Waals surface area contributed by atoms with Crippen molar-refractivity contribution < 1.29 is 17.9 Å². The average Bonchev–Trinajstić information content (AvgIpc) is 2.75. The molecule has 2 rings (SSSR count). The lowest BCUT2D eigenvalue weighted by atomic mass is 10.2. The van der Waals surface area contributed by atoms with E-state index in [9.17, 15) is 13.2 Å². The fraction of sp³-hybridized carbons (Fsp3) is 0.562. The van der Waals surface area contributed by atoms with Crippen LogP contribution >= 0.6 is 0 Å². The summed E-state index contributed by atoms with van der Waals surface area (Å²) in [7, 11) is -3.22. The van der Waals surface area contributed by atoms with Crippen molar-refractivity contribution in [2.45, 2.75) is 43.6 Å². The third-order valence-corrected chi connectivity index (χ3v) is 4.96. The lowest BCUT2D eigenvalue weighted by molar-refractivity contribution is -0.137. The summed E-state index contributed by atoms with van der Waals surface area (Å²) in [6.45, 7) is 3.32. The van der Waals surface area contributed by atoms with Gasteiger partial charge in [0.15, 0.2) is 15.9 Å². The topological polar surface area (TPSA) is 63.7 Å². The number of carbonyl (C=O) groups excluding carboxylic acids is 1. The van der Waals surface area contributed by atoms with Crippen molar-refractivity contribution >= 4 is 15.7 Å². The number of likely N-dealkylation sites (tertiary alicyclic amines) is 1. The fourth-order valence-electron chi connectivity index (χ4n) is 2.57. The number of amides is 1. The van der Waals surface area contributed by atoms with Gasteiger partial charge in [0.1, 0.15) is 5.75 Å². The molecule has 1 aromatic carbocycles. The number of benzene rings is 1. The Labute approximate surface area is 132 Å². The zero-order chi connectivity index (χ0) is 16.2. The molecule has 5 nitrogen and oxygen atoms in total. The Morgan fingerprint density at radius 1 is 1.09 bits per heavy atom. The van der Waals surface area contributed by atoms with E-state index in [0.29, 0.717) is 5.75 Å². The van der Waals surface area contributed by atoms with E-state index in [4.69, 9.17) is 4.74 Å². The molecule has 0 bridgehead atoms. The summed E-state index contributed by atoms with van der Waals surface area (Å²) in [6.07, 6.45) is 5.03. The molecule has 0 aliphatic carbocycles. The van der Waals surface area contributed by atoms with Gasteiger partial charge in [0, 0.05) is 19.3 Å². The minimum atomic E-state index is -3.22. The van der Waals surface area contributed by atoms with E-state index in [-0.39, 0.29) is 10.8 Å². The van der Waals surface area contributed by atoms with Gasteiger partial charge in [-0.25, -0.2) is 8.42 Å². The van der Waals surface area contributed by atoms with Crippen molar-refractivity contribution in [3.05, 3.63) is 24.3 Å². The number of sulfone groups is 1. The highest BCUT2D eigenvalue weighted by atomic mass is 32.2. The van der Waals surface area contributed by atoms with Crippen LogP contribution in [0.1, 0.15) is 32.6 Å².